The van der Waals surface area contributed by atoms with Gasteiger partial charge in [-0.15, -0.1) is 0 Å². The number of hydrogen-bond acceptors (Lipinski definition) is 4. The highest BCUT2D eigenvalue weighted by Crippen LogP contribution is 2.27. The third kappa shape index (κ3) is 2.15. The Kier molecular flexibility index (Phi) is 3.18. The van der Waals surface area contributed by atoms with E-state index >= 15 is 0 Å². The summed E-state index contributed by atoms with van der Waals surface area (Å²) in [5.74, 6) is 1.64. The van der Waals surface area contributed by atoms with Gasteiger partial charge in [-0.1, -0.05) is 24.2 Å². The van der Waals surface area contributed by atoms with Crippen LogP contribution in [0.5, 0.6) is 0 Å². The average Bonchev–Trinajstić information content (AvgIpc) is 3.00. The number of anilines is 1. The van der Waals surface area contributed by atoms with E-state index in [1.807, 2.05) is 38.1 Å². The number of para-hydroxylation sites is 2. The predicted octanol–water partition coefficient (Wildman–Crippen LogP) is 3.73. The summed E-state index contributed by atoms with van der Waals surface area (Å²) in [7, 11) is 0. The van der Waals surface area contributed by atoms with Gasteiger partial charge in [0.15, 0.2) is 0 Å². The van der Waals surface area contributed by atoms with Gasteiger partial charge in [-0.05, 0) is 32.4 Å². The number of H-pyrrole nitrogens is 1. The first-order valence-electron chi connectivity index (χ1n) is 6.83. The smallest absolute Gasteiger partial charge is 0.201 e. The van der Waals surface area contributed by atoms with E-state index in [0.717, 1.165) is 40.4 Å². The van der Waals surface area contributed by atoms with E-state index in [0.29, 0.717) is 0 Å². The van der Waals surface area contributed by atoms with Crippen LogP contribution in [0.2, 0.25) is 0 Å². The normalized spacial score (nSPS) is 12.8. The number of aromatic nitrogens is 3. The van der Waals surface area contributed by atoms with Crippen molar-refractivity contribution in [3.8, 4) is 0 Å². The Morgan fingerprint density at radius 3 is 2.75 bits per heavy atom. The molecule has 1 atom stereocenters. The fourth-order valence-corrected chi connectivity index (χ4v) is 2.55. The van der Waals surface area contributed by atoms with Crippen LogP contribution in [0, 0.1) is 13.8 Å². The minimum absolute atomic E-state index is 0.141. The molecule has 5 nitrogen and oxygen atoms in total. The summed E-state index contributed by atoms with van der Waals surface area (Å²) < 4.78 is 5.25. The maximum Gasteiger partial charge on any atom is 0.201 e. The minimum atomic E-state index is 0.141. The highest BCUT2D eigenvalue weighted by Gasteiger charge is 2.19. The first-order chi connectivity index (χ1) is 9.69. The third-order valence-corrected chi connectivity index (χ3v) is 3.55. The van der Waals surface area contributed by atoms with Gasteiger partial charge in [0.1, 0.15) is 5.76 Å². The van der Waals surface area contributed by atoms with Gasteiger partial charge in [-0.25, -0.2) is 4.98 Å². The van der Waals surface area contributed by atoms with E-state index in [1.54, 1.807) is 0 Å². The molecule has 2 aromatic heterocycles. The number of nitrogens with one attached hydrogen (secondary N) is 2. The summed E-state index contributed by atoms with van der Waals surface area (Å²) in [6.07, 6.45) is 0.930. The van der Waals surface area contributed by atoms with Crippen LogP contribution < -0.4 is 5.32 Å². The standard InChI is InChI=1S/C15H18N4O/c1-4-11(14-9(2)19-20-10(14)3)16-15-17-12-7-5-6-8-13(12)18-15/h5-8,11H,4H2,1-3H3,(H2,16,17,18). The summed E-state index contributed by atoms with van der Waals surface area (Å²) in [6.45, 7) is 6.04. The lowest BCUT2D eigenvalue weighted by Crippen LogP contribution is -2.12. The van der Waals surface area contributed by atoms with Crippen molar-refractivity contribution in [1.29, 1.82) is 0 Å². The molecule has 0 aliphatic rings. The highest BCUT2D eigenvalue weighted by molar-refractivity contribution is 5.77. The fourth-order valence-electron chi connectivity index (χ4n) is 2.55. The van der Waals surface area contributed by atoms with E-state index in [9.17, 15) is 0 Å². The van der Waals surface area contributed by atoms with Crippen LogP contribution in [-0.2, 0) is 0 Å². The summed E-state index contributed by atoms with van der Waals surface area (Å²) >= 11 is 0. The number of aryl methyl sites for hydroxylation is 2. The van der Waals surface area contributed by atoms with Gasteiger partial charge < -0.3 is 14.8 Å². The summed E-state index contributed by atoms with van der Waals surface area (Å²) in [6, 6.07) is 8.13. The molecule has 2 N–H and O–H groups in total. The third-order valence-electron chi connectivity index (χ3n) is 3.55. The Bertz CT molecular complexity index is 676. The molecule has 2 heterocycles. The van der Waals surface area contributed by atoms with E-state index in [2.05, 4.69) is 27.4 Å². The molecule has 0 bridgehead atoms. The second kappa shape index (κ2) is 5.00. The van der Waals surface area contributed by atoms with E-state index in [1.165, 1.54) is 0 Å². The Hall–Kier alpha value is -2.30. The van der Waals surface area contributed by atoms with Crippen molar-refractivity contribution >= 4 is 17.0 Å². The number of rotatable bonds is 4. The van der Waals surface area contributed by atoms with Crippen molar-refractivity contribution in [2.75, 3.05) is 5.32 Å². The molecule has 3 aromatic rings. The van der Waals surface area contributed by atoms with Gasteiger partial charge in [0, 0.05) is 5.56 Å². The second-order valence-corrected chi connectivity index (χ2v) is 4.95. The van der Waals surface area contributed by atoms with Crippen LogP contribution in [0.25, 0.3) is 11.0 Å². The fraction of sp³-hybridized carbons (Fsp3) is 0.333. The molecule has 5 heteroatoms. The number of fused-ring (bicyclic) bond motifs is 1. The molecule has 0 aliphatic heterocycles. The molecule has 1 aromatic carbocycles. The summed E-state index contributed by atoms with van der Waals surface area (Å²) in [4.78, 5) is 7.84. The summed E-state index contributed by atoms with van der Waals surface area (Å²) in [5.41, 5.74) is 4.04. The first-order valence-corrected chi connectivity index (χ1v) is 6.83. The zero-order valence-electron chi connectivity index (χ0n) is 11.9. The van der Waals surface area contributed by atoms with Crippen molar-refractivity contribution < 1.29 is 4.52 Å². The highest BCUT2D eigenvalue weighted by atomic mass is 16.5. The van der Waals surface area contributed by atoms with Gasteiger partial charge in [0.25, 0.3) is 0 Å². The molecule has 0 saturated heterocycles. The number of hydrogen-bond donors (Lipinski definition) is 2. The lowest BCUT2D eigenvalue weighted by atomic mass is 10.0. The Labute approximate surface area is 117 Å². The largest absolute Gasteiger partial charge is 0.361 e. The lowest BCUT2D eigenvalue weighted by molar-refractivity contribution is 0.391. The van der Waals surface area contributed by atoms with E-state index < -0.39 is 0 Å². The predicted molar refractivity (Wildman–Crippen MR) is 78.7 cm³/mol. The van der Waals surface area contributed by atoms with Crippen LogP contribution >= 0.6 is 0 Å². The average molecular weight is 270 g/mol. The van der Waals surface area contributed by atoms with Gasteiger partial charge >= 0.3 is 0 Å². The maximum atomic E-state index is 5.25. The second-order valence-electron chi connectivity index (χ2n) is 4.95. The quantitative estimate of drug-likeness (QED) is 0.758. The van der Waals surface area contributed by atoms with Crippen molar-refractivity contribution in [3.05, 3.63) is 41.3 Å². The SMILES string of the molecule is CCC(Nc1nc2ccccc2[nH]1)c1c(C)noc1C. The van der Waals surface area contributed by atoms with Crippen LogP contribution in [0.1, 0.15) is 36.4 Å². The Morgan fingerprint density at radius 1 is 1.30 bits per heavy atom. The molecular formula is C15H18N4O. The molecule has 0 saturated carbocycles. The van der Waals surface area contributed by atoms with Crippen LogP contribution in [0.15, 0.2) is 28.8 Å². The molecule has 0 spiro atoms. The summed E-state index contributed by atoms with van der Waals surface area (Å²) in [5, 5.41) is 7.46. The lowest BCUT2D eigenvalue weighted by Gasteiger charge is -2.15. The topological polar surface area (TPSA) is 66.7 Å². The van der Waals surface area contributed by atoms with Crippen LogP contribution in [0.3, 0.4) is 0 Å². The zero-order valence-corrected chi connectivity index (χ0v) is 11.9. The molecule has 0 radical (unpaired) electrons. The van der Waals surface area contributed by atoms with Gasteiger partial charge in [-0.2, -0.15) is 0 Å². The molecule has 3 rings (SSSR count). The van der Waals surface area contributed by atoms with Crippen molar-refractivity contribution in [2.24, 2.45) is 0 Å². The van der Waals surface area contributed by atoms with Crippen molar-refractivity contribution in [3.63, 3.8) is 0 Å². The van der Waals surface area contributed by atoms with Crippen molar-refractivity contribution in [1.82, 2.24) is 15.1 Å². The Balaban J connectivity index is 1.91. The number of aromatic amines is 1. The molecule has 104 valence electrons. The maximum absolute atomic E-state index is 5.25. The zero-order chi connectivity index (χ0) is 14.1. The minimum Gasteiger partial charge on any atom is -0.361 e. The molecular weight excluding hydrogens is 252 g/mol. The Morgan fingerprint density at radius 2 is 2.10 bits per heavy atom. The molecule has 1 unspecified atom stereocenters. The molecule has 0 amide bonds. The first kappa shape index (κ1) is 12.7. The van der Waals surface area contributed by atoms with Crippen molar-refractivity contribution in [2.45, 2.75) is 33.2 Å². The van der Waals surface area contributed by atoms with E-state index in [4.69, 9.17) is 4.52 Å². The molecule has 0 aliphatic carbocycles. The molecule has 0 fully saturated rings. The van der Waals surface area contributed by atoms with E-state index in [-0.39, 0.29) is 6.04 Å². The van der Waals surface area contributed by atoms with Gasteiger partial charge in [-0.3, -0.25) is 0 Å². The number of nitrogens with zero attached hydrogens (tertiary/aromatic N) is 2. The van der Waals surface area contributed by atoms with Crippen LogP contribution in [0.4, 0.5) is 5.95 Å². The van der Waals surface area contributed by atoms with Gasteiger partial charge in [0.05, 0.1) is 22.8 Å². The van der Waals surface area contributed by atoms with Gasteiger partial charge in [0.2, 0.25) is 5.95 Å². The van der Waals surface area contributed by atoms with Crippen LogP contribution in [-0.4, -0.2) is 15.1 Å². The molecule has 20 heavy (non-hydrogen) atoms. The number of benzene rings is 1. The monoisotopic (exact) mass is 270 g/mol. The number of imidazole rings is 1.